The van der Waals surface area contributed by atoms with E-state index in [1.807, 2.05) is 13.8 Å². The van der Waals surface area contributed by atoms with Crippen LogP contribution in [0.4, 0.5) is 0 Å². The van der Waals surface area contributed by atoms with E-state index in [9.17, 15) is 38.7 Å². The Morgan fingerprint density at radius 2 is 1.02 bits per heavy atom. The van der Waals surface area contributed by atoms with Gasteiger partial charge in [0.1, 0.15) is 36.3 Å². The first kappa shape index (κ1) is 51.2. The summed E-state index contributed by atoms with van der Waals surface area (Å²) in [5.74, 6) is -4.24. The molecule has 19 nitrogen and oxygen atoms in total. The number of aliphatic carboxylic acids is 1. The zero-order valence-electron chi connectivity index (χ0n) is 35.5. The fourth-order valence-electron chi connectivity index (χ4n) is 7.68. The number of nitrogens with two attached hydrogens (primary N) is 5. The number of hydrogen-bond donors (Lipinski definition) is 10. The Morgan fingerprint density at radius 3 is 1.51 bits per heavy atom. The number of amides is 6. The number of carboxylic acid groups (broad SMARTS) is 1. The highest BCUT2D eigenvalue weighted by Gasteiger charge is 2.44. The van der Waals surface area contributed by atoms with Crippen LogP contribution in [0.15, 0.2) is 0 Å². The minimum atomic E-state index is -1.17. The number of unbranched alkanes of at least 4 members (excludes halogenated alkanes) is 4. The summed E-state index contributed by atoms with van der Waals surface area (Å²) in [5.41, 5.74) is 28.7. The van der Waals surface area contributed by atoms with Crippen molar-refractivity contribution in [3.63, 3.8) is 0 Å². The summed E-state index contributed by atoms with van der Waals surface area (Å²) in [6.45, 7) is 6.00. The second-order valence-electron chi connectivity index (χ2n) is 16.3. The maximum absolute atomic E-state index is 14.4. The lowest BCUT2D eigenvalue weighted by Gasteiger charge is -2.34. The zero-order valence-corrected chi connectivity index (χ0v) is 35.5. The first-order chi connectivity index (χ1) is 28.2. The van der Waals surface area contributed by atoms with E-state index in [2.05, 4.69) is 21.3 Å². The van der Waals surface area contributed by atoms with Crippen molar-refractivity contribution in [1.82, 2.24) is 31.1 Å². The largest absolute Gasteiger partial charge is 0.480 e. The molecule has 0 unspecified atom stereocenters. The van der Waals surface area contributed by atoms with Crippen LogP contribution in [-0.4, -0.2) is 138 Å². The van der Waals surface area contributed by atoms with Crippen molar-refractivity contribution in [2.75, 3.05) is 39.3 Å². The lowest BCUT2D eigenvalue weighted by Crippen LogP contribution is -2.59. The van der Waals surface area contributed by atoms with Crippen LogP contribution in [0.1, 0.15) is 123 Å². The minimum absolute atomic E-state index is 0.0406. The van der Waals surface area contributed by atoms with Gasteiger partial charge in [0.15, 0.2) is 0 Å². The fourth-order valence-corrected chi connectivity index (χ4v) is 7.68. The number of nitrogens with one attached hydrogen (secondary N) is 4. The highest BCUT2D eigenvalue weighted by molar-refractivity contribution is 5.97. The lowest BCUT2D eigenvalue weighted by atomic mass is 10.0. The molecule has 2 saturated heterocycles. The molecule has 0 aromatic rings. The predicted octanol–water partition coefficient (Wildman–Crippen LogP) is -1.12. The molecule has 0 spiro atoms. The Labute approximate surface area is 349 Å². The molecule has 2 heterocycles. The molecule has 2 fully saturated rings. The summed E-state index contributed by atoms with van der Waals surface area (Å²) < 4.78 is 0. The van der Waals surface area contributed by atoms with E-state index < -0.39 is 83.7 Å². The molecule has 0 saturated carbocycles. The van der Waals surface area contributed by atoms with Crippen LogP contribution < -0.4 is 49.9 Å². The molecule has 338 valence electrons. The van der Waals surface area contributed by atoms with E-state index in [0.717, 1.165) is 0 Å². The quantitative estimate of drug-likeness (QED) is 0.0400. The number of carbonyl (C=O) groups is 7. The van der Waals surface area contributed by atoms with Gasteiger partial charge in [-0.2, -0.15) is 0 Å². The minimum Gasteiger partial charge on any atom is -0.480 e. The van der Waals surface area contributed by atoms with Gasteiger partial charge < -0.3 is 64.8 Å². The van der Waals surface area contributed by atoms with E-state index in [0.29, 0.717) is 110 Å². The molecule has 0 aliphatic carbocycles. The van der Waals surface area contributed by atoms with E-state index in [1.54, 1.807) is 0 Å². The summed E-state index contributed by atoms with van der Waals surface area (Å²) >= 11 is 0. The number of nitrogens with zero attached hydrogens (tertiary/aromatic N) is 2. The molecule has 6 amide bonds. The molecule has 0 radical (unpaired) electrons. The van der Waals surface area contributed by atoms with E-state index >= 15 is 0 Å². The summed E-state index contributed by atoms with van der Waals surface area (Å²) in [4.78, 5) is 97.5. The van der Waals surface area contributed by atoms with Gasteiger partial charge in [-0.3, -0.25) is 28.8 Å². The number of carboxylic acids is 1. The van der Waals surface area contributed by atoms with Gasteiger partial charge in [-0.05, 0) is 135 Å². The smallest absolute Gasteiger partial charge is 0.326 e. The third-order valence-corrected chi connectivity index (χ3v) is 11.0. The Balaban J connectivity index is 2.26. The van der Waals surface area contributed by atoms with Crippen molar-refractivity contribution >= 4 is 41.4 Å². The third-order valence-electron chi connectivity index (χ3n) is 11.0. The van der Waals surface area contributed by atoms with Gasteiger partial charge in [0.25, 0.3) is 0 Å². The molecular weight excluding hydrogens is 763 g/mol. The number of rotatable bonds is 29. The molecule has 0 aromatic carbocycles. The van der Waals surface area contributed by atoms with Crippen molar-refractivity contribution in [3.05, 3.63) is 0 Å². The SMILES string of the molecule is CC(C)C[C@H](NC(=O)[C@H](CCCCN)NC(=O)[C@H](CCCCN)NC(=O)[C@@H](N)CCCCN)C(=O)N1CCC[C@H]1C(=O)N1CCC[C@H]1C(=O)N[C@@H](CCCCN)C(=O)O. The van der Waals surface area contributed by atoms with Gasteiger partial charge in [0, 0.05) is 13.1 Å². The van der Waals surface area contributed by atoms with Crippen molar-refractivity contribution < 1.29 is 38.7 Å². The summed E-state index contributed by atoms with van der Waals surface area (Å²) in [6.07, 6.45) is 7.89. The first-order valence-electron chi connectivity index (χ1n) is 21.8. The fraction of sp³-hybridized carbons (Fsp3) is 0.825. The van der Waals surface area contributed by atoms with E-state index in [1.165, 1.54) is 9.80 Å². The Hall–Kier alpha value is -3.91. The summed E-state index contributed by atoms with van der Waals surface area (Å²) in [6, 6.07) is -6.78. The second-order valence-corrected chi connectivity index (χ2v) is 16.3. The van der Waals surface area contributed by atoms with E-state index in [4.69, 9.17) is 28.7 Å². The summed E-state index contributed by atoms with van der Waals surface area (Å²) in [7, 11) is 0. The van der Waals surface area contributed by atoms with Crippen LogP contribution in [0.5, 0.6) is 0 Å². The van der Waals surface area contributed by atoms with Gasteiger partial charge in [-0.1, -0.05) is 20.3 Å². The Bertz CT molecular complexity index is 1350. The van der Waals surface area contributed by atoms with Gasteiger partial charge in [0.05, 0.1) is 6.04 Å². The van der Waals surface area contributed by atoms with Crippen molar-refractivity contribution in [3.8, 4) is 0 Å². The Kier molecular flexibility index (Phi) is 24.1. The molecule has 0 aromatic heterocycles. The van der Waals surface area contributed by atoms with Gasteiger partial charge >= 0.3 is 5.97 Å². The second kappa shape index (κ2) is 27.8. The van der Waals surface area contributed by atoms with Crippen LogP contribution in [0.2, 0.25) is 0 Å². The molecular formula is C40H75N11O8. The van der Waals surface area contributed by atoms with E-state index in [-0.39, 0.29) is 44.7 Å². The molecule has 59 heavy (non-hydrogen) atoms. The standard InChI is InChI=1S/C40H75N11O8/c1-26(2)25-31(38(56)51-24-12-18-33(51)39(57)50-23-11-17-32(50)37(55)48-30(40(58)59)16-6-10-22-44)49-36(54)29(15-5-9-21-43)47-35(53)28(14-4-8-20-42)46-34(52)27(45)13-3-7-19-41/h26-33H,3-25,41-45H2,1-2H3,(H,46,52)(H,47,53)(H,48,55)(H,49,54)(H,58,59)/t27-,28-,29-,30-,31-,32-,33-/m0/s1. The van der Waals surface area contributed by atoms with Crippen LogP contribution in [0.3, 0.4) is 0 Å². The maximum atomic E-state index is 14.4. The van der Waals surface area contributed by atoms with Crippen LogP contribution in [-0.2, 0) is 33.6 Å². The molecule has 2 aliphatic heterocycles. The number of carbonyl (C=O) groups excluding carboxylic acids is 6. The normalized spacial score (nSPS) is 19.1. The number of hydrogen-bond acceptors (Lipinski definition) is 12. The lowest BCUT2D eigenvalue weighted by molar-refractivity contribution is -0.149. The molecule has 2 aliphatic rings. The first-order valence-corrected chi connectivity index (χ1v) is 21.8. The van der Waals surface area contributed by atoms with Crippen LogP contribution >= 0.6 is 0 Å². The van der Waals surface area contributed by atoms with Crippen molar-refractivity contribution in [1.29, 1.82) is 0 Å². The van der Waals surface area contributed by atoms with Gasteiger partial charge in [0.2, 0.25) is 35.4 Å². The topological polar surface area (TPSA) is 324 Å². The van der Waals surface area contributed by atoms with Gasteiger partial charge in [-0.15, -0.1) is 0 Å². The highest BCUT2D eigenvalue weighted by Crippen LogP contribution is 2.27. The van der Waals surface area contributed by atoms with Crippen LogP contribution in [0.25, 0.3) is 0 Å². The molecule has 15 N–H and O–H groups in total. The monoisotopic (exact) mass is 838 g/mol. The third kappa shape index (κ3) is 17.3. The average molecular weight is 838 g/mol. The molecule has 7 atom stereocenters. The predicted molar refractivity (Wildman–Crippen MR) is 224 cm³/mol. The average Bonchev–Trinajstić information content (AvgIpc) is 3.90. The number of likely N-dealkylation sites (tertiary alicyclic amines) is 2. The van der Waals surface area contributed by atoms with Gasteiger partial charge in [-0.25, -0.2) is 4.79 Å². The Morgan fingerprint density at radius 1 is 0.576 bits per heavy atom. The van der Waals surface area contributed by atoms with Crippen molar-refractivity contribution in [2.24, 2.45) is 34.6 Å². The highest BCUT2D eigenvalue weighted by atomic mass is 16.4. The summed E-state index contributed by atoms with van der Waals surface area (Å²) in [5, 5.41) is 20.8. The van der Waals surface area contributed by atoms with Crippen molar-refractivity contribution in [2.45, 2.75) is 165 Å². The van der Waals surface area contributed by atoms with Crippen LogP contribution in [0, 0.1) is 5.92 Å². The maximum Gasteiger partial charge on any atom is 0.326 e. The zero-order chi connectivity index (χ0) is 43.9. The molecule has 19 heteroatoms. The molecule has 0 bridgehead atoms. The molecule has 2 rings (SSSR count).